The summed E-state index contributed by atoms with van der Waals surface area (Å²) in [6.45, 7) is 4.26. The van der Waals surface area contributed by atoms with Crippen molar-refractivity contribution in [2.45, 2.75) is 43.3 Å². The molecule has 0 saturated carbocycles. The molecule has 8 heteroatoms. The van der Waals surface area contributed by atoms with E-state index in [9.17, 15) is 9.59 Å². The lowest BCUT2D eigenvalue weighted by molar-refractivity contribution is 0.102. The number of benzene rings is 2. The Morgan fingerprint density at radius 1 is 1.09 bits per heavy atom. The van der Waals surface area contributed by atoms with E-state index in [1.54, 1.807) is 18.2 Å². The lowest BCUT2D eigenvalue weighted by Crippen LogP contribution is -2.15. The van der Waals surface area contributed by atoms with Gasteiger partial charge in [0.1, 0.15) is 5.01 Å². The second-order valence-corrected chi connectivity index (χ2v) is 9.34. The van der Waals surface area contributed by atoms with Crippen molar-refractivity contribution >= 4 is 39.7 Å². The lowest BCUT2D eigenvalue weighted by Gasteiger charge is -2.10. The van der Waals surface area contributed by atoms with Gasteiger partial charge in [0.25, 0.3) is 11.5 Å². The van der Waals surface area contributed by atoms with E-state index in [4.69, 9.17) is 0 Å². The van der Waals surface area contributed by atoms with Gasteiger partial charge >= 0.3 is 0 Å². The zero-order valence-electron chi connectivity index (χ0n) is 17.9. The first kappa shape index (κ1) is 22.2. The van der Waals surface area contributed by atoms with Gasteiger partial charge in [0.05, 0.1) is 11.4 Å². The maximum atomic E-state index is 12.6. The number of amides is 1. The summed E-state index contributed by atoms with van der Waals surface area (Å²) in [5, 5.41) is 8.43. The van der Waals surface area contributed by atoms with Gasteiger partial charge in [-0.15, -0.1) is 11.8 Å². The van der Waals surface area contributed by atoms with Gasteiger partial charge in [-0.3, -0.25) is 9.59 Å². The van der Waals surface area contributed by atoms with Crippen molar-refractivity contribution in [1.29, 1.82) is 0 Å². The second kappa shape index (κ2) is 10.1. The molecule has 1 N–H and O–H groups in total. The number of fused-ring (bicyclic) bond motifs is 1. The molecule has 4 rings (SSSR count). The fourth-order valence-electron chi connectivity index (χ4n) is 3.38. The van der Waals surface area contributed by atoms with Gasteiger partial charge in [0.2, 0.25) is 4.96 Å². The van der Waals surface area contributed by atoms with Crippen molar-refractivity contribution in [3.63, 3.8) is 0 Å². The Kier molecular flexibility index (Phi) is 7.02. The summed E-state index contributed by atoms with van der Waals surface area (Å²) < 4.78 is 1.40. The van der Waals surface area contributed by atoms with Crippen LogP contribution in [0.5, 0.6) is 0 Å². The minimum atomic E-state index is -0.162. The predicted octanol–water partition coefficient (Wildman–Crippen LogP) is 5.60. The molecule has 0 atom stereocenters. The number of rotatable bonds is 8. The van der Waals surface area contributed by atoms with Gasteiger partial charge in [-0.1, -0.05) is 55.5 Å². The van der Waals surface area contributed by atoms with E-state index in [-0.39, 0.29) is 11.5 Å². The van der Waals surface area contributed by atoms with Crippen LogP contribution in [0.3, 0.4) is 0 Å². The van der Waals surface area contributed by atoms with Gasteiger partial charge in [-0.25, -0.2) is 4.98 Å². The molecule has 0 aliphatic carbocycles. The largest absolute Gasteiger partial charge is 0.321 e. The topological polar surface area (TPSA) is 76.4 Å². The third-order valence-corrected chi connectivity index (χ3v) is 7.37. The minimum absolute atomic E-state index is 0.157. The highest BCUT2D eigenvalue weighted by Crippen LogP contribution is 2.30. The molecule has 6 nitrogen and oxygen atoms in total. The number of hydrogen-bond donors (Lipinski definition) is 1. The Morgan fingerprint density at radius 3 is 2.56 bits per heavy atom. The Hall–Kier alpha value is -2.97. The quantitative estimate of drug-likeness (QED) is 0.344. The summed E-state index contributed by atoms with van der Waals surface area (Å²) in [6, 6.07) is 18.3. The third-order valence-electron chi connectivity index (χ3n) is 5.20. The number of anilines is 1. The molecule has 0 spiro atoms. The molecule has 1 amide bonds. The Bertz CT molecular complexity index is 1280. The van der Waals surface area contributed by atoms with E-state index >= 15 is 0 Å². The first-order chi connectivity index (χ1) is 15.6. The van der Waals surface area contributed by atoms with E-state index < -0.39 is 0 Å². The molecule has 0 aliphatic rings. The number of carbonyl (C=O) groups excluding carboxylic acids is 1. The zero-order valence-corrected chi connectivity index (χ0v) is 19.6. The highest BCUT2D eigenvalue weighted by Gasteiger charge is 2.16. The van der Waals surface area contributed by atoms with Gasteiger partial charge < -0.3 is 5.32 Å². The molecule has 0 saturated heterocycles. The van der Waals surface area contributed by atoms with Crippen LogP contribution in [0.4, 0.5) is 5.69 Å². The maximum absolute atomic E-state index is 12.6. The van der Waals surface area contributed by atoms with Gasteiger partial charge in [0.15, 0.2) is 0 Å². The second-order valence-electron chi connectivity index (χ2n) is 7.34. The summed E-state index contributed by atoms with van der Waals surface area (Å²) in [5.74, 6) is 0.705. The molecule has 0 aliphatic heterocycles. The number of carbonyl (C=O) groups is 1. The van der Waals surface area contributed by atoms with Crippen LogP contribution in [0.15, 0.2) is 70.4 Å². The van der Waals surface area contributed by atoms with Crippen molar-refractivity contribution < 1.29 is 4.79 Å². The smallest absolute Gasteiger partial charge is 0.275 e. The molecule has 2 aromatic carbocycles. The molecular formula is C24H24N4O2S2. The highest BCUT2D eigenvalue weighted by molar-refractivity contribution is 7.98. The molecule has 164 valence electrons. The van der Waals surface area contributed by atoms with Crippen LogP contribution >= 0.6 is 23.1 Å². The Balaban J connectivity index is 1.52. The summed E-state index contributed by atoms with van der Waals surface area (Å²) in [4.78, 5) is 31.4. The number of nitrogens with one attached hydrogen (secondary N) is 1. The number of hydrogen-bond acceptors (Lipinski definition) is 6. The first-order valence-corrected chi connectivity index (χ1v) is 12.4. The number of nitrogens with zero attached hydrogens (tertiary/aromatic N) is 3. The monoisotopic (exact) mass is 464 g/mol. The van der Waals surface area contributed by atoms with E-state index in [1.165, 1.54) is 27.6 Å². The summed E-state index contributed by atoms with van der Waals surface area (Å²) >= 11 is 3.02. The van der Waals surface area contributed by atoms with Gasteiger partial charge in [0, 0.05) is 28.2 Å². The van der Waals surface area contributed by atoms with Crippen molar-refractivity contribution in [3.05, 3.63) is 87.3 Å². The molecule has 32 heavy (non-hydrogen) atoms. The zero-order chi connectivity index (χ0) is 22.5. The standard InChI is InChI=1S/C24H24N4O2S2/c1-3-16(4-2)23-27-28-21(29)14-18(25-24(28)32-23)15-31-20-13-9-8-12-19(20)26-22(30)17-10-6-5-7-11-17/h5-14,16H,3-4,15H2,1-2H3,(H,26,30). The molecule has 0 bridgehead atoms. The summed E-state index contributed by atoms with van der Waals surface area (Å²) in [6.07, 6.45) is 1.97. The Morgan fingerprint density at radius 2 is 1.81 bits per heavy atom. The third kappa shape index (κ3) is 4.92. The fraction of sp³-hybridized carbons (Fsp3) is 0.250. The fourth-order valence-corrected chi connectivity index (χ4v) is 5.47. The molecule has 2 aromatic heterocycles. The van der Waals surface area contributed by atoms with Gasteiger partial charge in [-0.05, 0) is 37.1 Å². The number of para-hydroxylation sites is 1. The average molecular weight is 465 g/mol. The lowest BCUT2D eigenvalue weighted by atomic mass is 10.1. The molecule has 2 heterocycles. The van der Waals surface area contributed by atoms with Crippen LogP contribution in [-0.2, 0) is 5.75 Å². The summed E-state index contributed by atoms with van der Waals surface area (Å²) in [5.41, 5.74) is 1.87. The van der Waals surface area contributed by atoms with E-state index in [0.717, 1.165) is 28.4 Å². The van der Waals surface area contributed by atoms with Crippen LogP contribution in [0.2, 0.25) is 0 Å². The Labute approximate surface area is 194 Å². The van der Waals surface area contributed by atoms with Crippen LogP contribution in [-0.4, -0.2) is 20.5 Å². The average Bonchev–Trinajstić information content (AvgIpc) is 3.24. The van der Waals surface area contributed by atoms with Crippen molar-refractivity contribution in [2.24, 2.45) is 0 Å². The van der Waals surface area contributed by atoms with E-state index in [2.05, 4.69) is 29.2 Å². The van der Waals surface area contributed by atoms with Crippen LogP contribution < -0.4 is 10.9 Å². The van der Waals surface area contributed by atoms with Crippen LogP contribution in [0.25, 0.3) is 4.96 Å². The van der Waals surface area contributed by atoms with Crippen molar-refractivity contribution in [2.75, 3.05) is 5.32 Å². The first-order valence-electron chi connectivity index (χ1n) is 10.6. The molecule has 4 aromatic rings. The minimum Gasteiger partial charge on any atom is -0.321 e. The summed E-state index contributed by atoms with van der Waals surface area (Å²) in [7, 11) is 0. The molecule has 0 radical (unpaired) electrons. The molecule has 0 unspecified atom stereocenters. The maximum Gasteiger partial charge on any atom is 0.275 e. The normalized spacial score (nSPS) is 11.2. The highest BCUT2D eigenvalue weighted by atomic mass is 32.2. The SMILES string of the molecule is CCC(CC)c1nn2c(=O)cc(CSc3ccccc3NC(=O)c3ccccc3)nc2s1. The van der Waals surface area contributed by atoms with E-state index in [0.29, 0.717) is 27.9 Å². The predicted molar refractivity (Wildman–Crippen MR) is 131 cm³/mol. The van der Waals surface area contributed by atoms with Crippen LogP contribution in [0, 0.1) is 0 Å². The number of aromatic nitrogens is 3. The molecular weight excluding hydrogens is 440 g/mol. The molecule has 0 fully saturated rings. The van der Waals surface area contributed by atoms with Crippen molar-refractivity contribution in [3.8, 4) is 0 Å². The number of thioether (sulfide) groups is 1. The van der Waals surface area contributed by atoms with Crippen LogP contribution in [0.1, 0.15) is 53.7 Å². The van der Waals surface area contributed by atoms with E-state index in [1.807, 2.05) is 42.5 Å². The van der Waals surface area contributed by atoms with Gasteiger partial charge in [-0.2, -0.15) is 9.61 Å². The van der Waals surface area contributed by atoms with Crippen molar-refractivity contribution in [1.82, 2.24) is 14.6 Å².